The molecule has 4 rings (SSSR count). The number of rotatable bonds is 4. The number of carbonyl (C=O) groups is 2. The van der Waals surface area contributed by atoms with Crippen LogP contribution in [-0.4, -0.2) is 69.9 Å². The number of urea groups is 1. The fourth-order valence-electron chi connectivity index (χ4n) is 3.98. The van der Waals surface area contributed by atoms with Gasteiger partial charge >= 0.3 is 12.0 Å². The van der Waals surface area contributed by atoms with Gasteiger partial charge in [0.05, 0.1) is 19.2 Å². The van der Waals surface area contributed by atoms with Crippen molar-refractivity contribution >= 4 is 17.7 Å². The van der Waals surface area contributed by atoms with Gasteiger partial charge in [0.15, 0.2) is 0 Å². The normalized spacial score (nSPS) is 17.2. The molecule has 1 fully saturated rings. The molecular formula is C21H28N6O3. The fraction of sp³-hybridized carbons (Fsp3) is 0.524. The number of carbonyl (C=O) groups excluding carboxylic acids is 2. The smallest absolute Gasteiger partial charge is 0.337 e. The Balaban J connectivity index is 1.28. The van der Waals surface area contributed by atoms with Crippen molar-refractivity contribution in [3.8, 4) is 0 Å². The van der Waals surface area contributed by atoms with Crippen LogP contribution in [-0.2, 0) is 24.2 Å². The van der Waals surface area contributed by atoms with Crippen LogP contribution < -0.4 is 5.32 Å². The molecule has 1 N–H and O–H groups in total. The number of nitrogens with zero attached hydrogens (tertiary/aromatic N) is 5. The Labute approximate surface area is 176 Å². The van der Waals surface area contributed by atoms with Crippen LogP contribution in [0, 0.1) is 0 Å². The summed E-state index contributed by atoms with van der Waals surface area (Å²) in [7, 11) is 1.34. The van der Waals surface area contributed by atoms with Crippen LogP contribution in [0.15, 0.2) is 24.3 Å². The lowest BCUT2D eigenvalue weighted by atomic mass is 10.2. The van der Waals surface area contributed by atoms with Gasteiger partial charge in [0.1, 0.15) is 11.6 Å². The molecule has 1 aromatic heterocycles. The maximum absolute atomic E-state index is 12.6. The van der Waals surface area contributed by atoms with Crippen molar-refractivity contribution in [1.82, 2.24) is 24.6 Å². The first kappa shape index (κ1) is 20.3. The van der Waals surface area contributed by atoms with E-state index in [2.05, 4.69) is 29.7 Å². The topological polar surface area (TPSA) is 92.6 Å². The average Bonchev–Trinajstić information content (AvgIpc) is 2.99. The lowest BCUT2D eigenvalue weighted by Gasteiger charge is -2.34. The molecule has 0 unspecified atom stereocenters. The van der Waals surface area contributed by atoms with Crippen LogP contribution in [0.4, 0.5) is 10.5 Å². The van der Waals surface area contributed by atoms with Crippen molar-refractivity contribution in [2.45, 2.75) is 38.8 Å². The number of benzene rings is 1. The van der Waals surface area contributed by atoms with Gasteiger partial charge in [0.25, 0.3) is 0 Å². The average molecular weight is 412 g/mol. The highest BCUT2D eigenvalue weighted by atomic mass is 16.5. The van der Waals surface area contributed by atoms with Crippen LogP contribution in [0.25, 0.3) is 0 Å². The molecule has 160 valence electrons. The first-order chi connectivity index (χ1) is 14.6. The summed E-state index contributed by atoms with van der Waals surface area (Å²) >= 11 is 0. The number of methoxy groups -OCH3 is 1. The molecule has 1 aromatic carbocycles. The standard InChI is InChI=1S/C21H28N6O3/c1-30-20(28)16-6-8-17(9-7-16)22-21(29)26-13-11-25(12-14-26)15-19-24-23-18-5-3-2-4-10-27(18)19/h6-9H,2-5,10-15H2,1H3,(H,22,29). The molecule has 9 heteroatoms. The van der Waals surface area contributed by atoms with Gasteiger partial charge in [-0.2, -0.15) is 0 Å². The number of ether oxygens (including phenoxy) is 1. The fourth-order valence-corrected chi connectivity index (χ4v) is 3.98. The van der Waals surface area contributed by atoms with Crippen LogP contribution in [0.1, 0.15) is 41.3 Å². The molecule has 2 aliphatic heterocycles. The second-order valence-corrected chi connectivity index (χ2v) is 7.76. The van der Waals surface area contributed by atoms with Crippen molar-refractivity contribution in [2.75, 3.05) is 38.6 Å². The second-order valence-electron chi connectivity index (χ2n) is 7.76. The zero-order valence-electron chi connectivity index (χ0n) is 17.3. The van der Waals surface area contributed by atoms with Gasteiger partial charge in [0, 0.05) is 44.8 Å². The third kappa shape index (κ3) is 4.62. The molecule has 3 heterocycles. The third-order valence-electron chi connectivity index (χ3n) is 5.77. The molecule has 2 aliphatic rings. The van der Waals surface area contributed by atoms with E-state index in [9.17, 15) is 9.59 Å². The lowest BCUT2D eigenvalue weighted by molar-refractivity contribution is 0.0600. The number of hydrogen-bond donors (Lipinski definition) is 1. The van der Waals surface area contributed by atoms with E-state index in [1.165, 1.54) is 26.4 Å². The third-order valence-corrected chi connectivity index (χ3v) is 5.77. The van der Waals surface area contributed by atoms with E-state index in [-0.39, 0.29) is 6.03 Å². The quantitative estimate of drug-likeness (QED) is 0.774. The first-order valence-electron chi connectivity index (χ1n) is 10.5. The molecule has 0 atom stereocenters. The SMILES string of the molecule is COC(=O)c1ccc(NC(=O)N2CCN(Cc3nnc4n3CCCCC4)CC2)cc1. The second kappa shape index (κ2) is 9.25. The number of hydrogen-bond acceptors (Lipinski definition) is 6. The highest BCUT2D eigenvalue weighted by Gasteiger charge is 2.23. The Morgan fingerprint density at radius 3 is 2.50 bits per heavy atom. The number of esters is 1. The van der Waals surface area contributed by atoms with Gasteiger partial charge in [0.2, 0.25) is 0 Å². The zero-order chi connectivity index (χ0) is 20.9. The summed E-state index contributed by atoms with van der Waals surface area (Å²) in [6, 6.07) is 6.56. The van der Waals surface area contributed by atoms with E-state index in [0.29, 0.717) is 24.3 Å². The maximum Gasteiger partial charge on any atom is 0.337 e. The number of nitrogens with one attached hydrogen (secondary N) is 1. The number of aryl methyl sites for hydroxylation is 1. The van der Waals surface area contributed by atoms with E-state index >= 15 is 0 Å². The molecule has 9 nitrogen and oxygen atoms in total. The van der Waals surface area contributed by atoms with Gasteiger partial charge in [-0.3, -0.25) is 4.90 Å². The Kier molecular flexibility index (Phi) is 6.27. The van der Waals surface area contributed by atoms with E-state index in [1.807, 2.05) is 4.90 Å². The molecule has 2 amide bonds. The van der Waals surface area contributed by atoms with Crippen LogP contribution in [0.2, 0.25) is 0 Å². The van der Waals surface area contributed by atoms with Crippen LogP contribution in [0.3, 0.4) is 0 Å². The monoisotopic (exact) mass is 412 g/mol. The molecule has 2 aromatic rings. The molecule has 30 heavy (non-hydrogen) atoms. The summed E-state index contributed by atoms with van der Waals surface area (Å²) in [6.45, 7) is 4.71. The zero-order valence-corrected chi connectivity index (χ0v) is 17.3. The summed E-state index contributed by atoms with van der Waals surface area (Å²) in [6.07, 6.45) is 4.65. The maximum atomic E-state index is 12.6. The lowest BCUT2D eigenvalue weighted by Crippen LogP contribution is -2.49. The minimum absolute atomic E-state index is 0.128. The van der Waals surface area contributed by atoms with Gasteiger partial charge in [-0.1, -0.05) is 6.42 Å². The minimum atomic E-state index is -0.395. The van der Waals surface area contributed by atoms with Gasteiger partial charge < -0.3 is 19.5 Å². The van der Waals surface area contributed by atoms with Crippen molar-refractivity contribution in [2.24, 2.45) is 0 Å². The number of fused-ring (bicyclic) bond motifs is 1. The molecular weight excluding hydrogens is 384 g/mol. The highest BCUT2D eigenvalue weighted by molar-refractivity contribution is 5.92. The van der Waals surface area contributed by atoms with Crippen LogP contribution in [0.5, 0.6) is 0 Å². The van der Waals surface area contributed by atoms with Gasteiger partial charge in [-0.15, -0.1) is 10.2 Å². The number of piperazine rings is 1. The van der Waals surface area contributed by atoms with Crippen LogP contribution >= 0.6 is 0 Å². The van der Waals surface area contributed by atoms with E-state index in [4.69, 9.17) is 0 Å². The van der Waals surface area contributed by atoms with Crippen molar-refractivity contribution in [3.63, 3.8) is 0 Å². The first-order valence-corrected chi connectivity index (χ1v) is 10.5. The van der Waals surface area contributed by atoms with E-state index in [0.717, 1.165) is 44.2 Å². The number of amides is 2. The van der Waals surface area contributed by atoms with E-state index < -0.39 is 5.97 Å². The molecule has 0 spiro atoms. The molecule has 1 saturated heterocycles. The van der Waals surface area contributed by atoms with Crippen molar-refractivity contribution in [3.05, 3.63) is 41.5 Å². The Bertz CT molecular complexity index is 887. The Morgan fingerprint density at radius 2 is 1.77 bits per heavy atom. The highest BCUT2D eigenvalue weighted by Crippen LogP contribution is 2.17. The van der Waals surface area contributed by atoms with Gasteiger partial charge in [-0.05, 0) is 37.1 Å². The van der Waals surface area contributed by atoms with Crippen molar-refractivity contribution < 1.29 is 14.3 Å². The molecule has 0 saturated carbocycles. The summed E-state index contributed by atoms with van der Waals surface area (Å²) in [5.74, 6) is 1.75. The number of aromatic nitrogens is 3. The summed E-state index contributed by atoms with van der Waals surface area (Å²) in [5, 5.41) is 11.7. The summed E-state index contributed by atoms with van der Waals surface area (Å²) in [4.78, 5) is 28.2. The largest absolute Gasteiger partial charge is 0.465 e. The van der Waals surface area contributed by atoms with Gasteiger partial charge in [-0.25, -0.2) is 9.59 Å². The Morgan fingerprint density at radius 1 is 1.00 bits per heavy atom. The Hall–Kier alpha value is -2.94. The predicted molar refractivity (Wildman–Crippen MR) is 111 cm³/mol. The molecule has 0 bridgehead atoms. The van der Waals surface area contributed by atoms with E-state index in [1.54, 1.807) is 24.3 Å². The number of anilines is 1. The molecule has 0 radical (unpaired) electrons. The summed E-state index contributed by atoms with van der Waals surface area (Å²) in [5.41, 5.74) is 1.11. The summed E-state index contributed by atoms with van der Waals surface area (Å²) < 4.78 is 6.97. The molecule has 0 aliphatic carbocycles. The minimum Gasteiger partial charge on any atom is -0.465 e. The van der Waals surface area contributed by atoms with Crippen molar-refractivity contribution in [1.29, 1.82) is 0 Å². The predicted octanol–water partition coefficient (Wildman–Crippen LogP) is 2.14.